The molecule has 0 saturated carbocycles. The van der Waals surface area contributed by atoms with Gasteiger partial charge in [0.15, 0.2) is 0 Å². The zero-order chi connectivity index (χ0) is 9.97. The number of aryl methyl sites for hydroxylation is 1. The molecule has 0 aliphatic carbocycles. The van der Waals surface area contributed by atoms with Crippen LogP contribution in [0.15, 0.2) is 30.3 Å². The molecule has 0 aliphatic rings. The molecule has 0 atom stereocenters. The third-order valence-electron chi connectivity index (χ3n) is 2.37. The number of hydrogen-bond acceptors (Lipinski definition) is 1. The van der Waals surface area contributed by atoms with Crippen molar-refractivity contribution in [3.05, 3.63) is 36.0 Å². The molecule has 1 heterocycles. The van der Waals surface area contributed by atoms with Gasteiger partial charge < -0.3 is 4.57 Å². The van der Waals surface area contributed by atoms with Gasteiger partial charge in [-0.25, -0.2) is 0 Å². The van der Waals surface area contributed by atoms with E-state index in [0.29, 0.717) is 0 Å². The zero-order valence-corrected chi connectivity index (χ0v) is 8.20. The van der Waals surface area contributed by atoms with Crippen molar-refractivity contribution in [1.29, 1.82) is 5.26 Å². The van der Waals surface area contributed by atoms with Crippen LogP contribution in [-0.2, 0) is 6.54 Å². The van der Waals surface area contributed by atoms with Crippen molar-refractivity contribution < 1.29 is 0 Å². The molecule has 0 radical (unpaired) electrons. The molecular formula is C12H12N2. The van der Waals surface area contributed by atoms with Crippen molar-refractivity contribution in [1.82, 2.24) is 4.57 Å². The molecular weight excluding hydrogens is 172 g/mol. The average Bonchev–Trinajstić information content (AvgIpc) is 2.58. The summed E-state index contributed by atoms with van der Waals surface area (Å²) >= 11 is 0. The van der Waals surface area contributed by atoms with Crippen LogP contribution in [0.5, 0.6) is 0 Å². The van der Waals surface area contributed by atoms with Crippen LogP contribution in [0, 0.1) is 11.3 Å². The number of benzene rings is 1. The number of rotatable bonds is 2. The van der Waals surface area contributed by atoms with E-state index in [1.54, 1.807) is 0 Å². The van der Waals surface area contributed by atoms with Crippen LogP contribution in [0.4, 0.5) is 0 Å². The van der Waals surface area contributed by atoms with Crippen molar-refractivity contribution in [2.45, 2.75) is 19.9 Å². The van der Waals surface area contributed by atoms with E-state index in [1.807, 2.05) is 24.3 Å². The lowest BCUT2D eigenvalue weighted by Gasteiger charge is -2.03. The summed E-state index contributed by atoms with van der Waals surface area (Å²) in [5, 5.41) is 10.1. The van der Waals surface area contributed by atoms with Crippen molar-refractivity contribution in [3.8, 4) is 6.07 Å². The molecule has 2 nitrogen and oxygen atoms in total. The Bertz CT molecular complexity index is 488. The van der Waals surface area contributed by atoms with Crippen molar-refractivity contribution in [2.24, 2.45) is 0 Å². The Morgan fingerprint density at radius 2 is 2.14 bits per heavy atom. The molecule has 2 heteroatoms. The minimum atomic E-state index is 0.757. The molecule has 0 spiro atoms. The minimum Gasteiger partial charge on any atom is -0.332 e. The van der Waals surface area contributed by atoms with Crippen molar-refractivity contribution >= 4 is 10.9 Å². The second-order valence-corrected chi connectivity index (χ2v) is 3.35. The quantitative estimate of drug-likeness (QED) is 0.705. The van der Waals surface area contributed by atoms with Crippen LogP contribution in [0.1, 0.15) is 19.0 Å². The van der Waals surface area contributed by atoms with Gasteiger partial charge in [-0.3, -0.25) is 0 Å². The minimum absolute atomic E-state index is 0.757. The fourth-order valence-corrected chi connectivity index (χ4v) is 1.77. The molecule has 0 saturated heterocycles. The average molecular weight is 184 g/mol. The highest BCUT2D eigenvalue weighted by Gasteiger charge is 2.05. The summed E-state index contributed by atoms with van der Waals surface area (Å²) in [6.07, 6.45) is 1.05. The van der Waals surface area contributed by atoms with E-state index in [4.69, 9.17) is 5.26 Å². The fourth-order valence-electron chi connectivity index (χ4n) is 1.77. The summed E-state index contributed by atoms with van der Waals surface area (Å²) in [4.78, 5) is 0. The molecule has 2 aromatic rings. The summed E-state index contributed by atoms with van der Waals surface area (Å²) in [5.41, 5.74) is 1.92. The fraction of sp³-hybridized carbons (Fsp3) is 0.250. The number of nitrogens with zero attached hydrogens (tertiary/aromatic N) is 2. The summed E-state index contributed by atoms with van der Waals surface area (Å²) in [6, 6.07) is 12.3. The van der Waals surface area contributed by atoms with E-state index in [9.17, 15) is 0 Å². The summed E-state index contributed by atoms with van der Waals surface area (Å²) < 4.78 is 2.08. The van der Waals surface area contributed by atoms with Crippen LogP contribution in [0.2, 0.25) is 0 Å². The number of hydrogen-bond donors (Lipinski definition) is 0. The lowest BCUT2D eigenvalue weighted by Crippen LogP contribution is -1.98. The molecule has 0 aliphatic heterocycles. The Balaban J connectivity index is 2.69. The lowest BCUT2D eigenvalue weighted by molar-refractivity contribution is 0.696. The smallest absolute Gasteiger partial charge is 0.121 e. The zero-order valence-electron chi connectivity index (χ0n) is 8.20. The first-order chi connectivity index (χ1) is 6.86. The predicted molar refractivity (Wildman–Crippen MR) is 56.9 cm³/mol. The highest BCUT2D eigenvalue weighted by molar-refractivity contribution is 5.82. The van der Waals surface area contributed by atoms with Gasteiger partial charge in [-0.2, -0.15) is 5.26 Å². The SMILES string of the molecule is CCCn1c(C#N)cc2ccccc21. The molecule has 2 rings (SSSR count). The molecule has 1 aromatic heterocycles. The third-order valence-corrected chi connectivity index (χ3v) is 2.37. The van der Waals surface area contributed by atoms with Crippen LogP contribution < -0.4 is 0 Å². The van der Waals surface area contributed by atoms with Crippen molar-refractivity contribution in [3.63, 3.8) is 0 Å². The highest BCUT2D eigenvalue weighted by Crippen LogP contribution is 2.19. The summed E-state index contributed by atoms with van der Waals surface area (Å²) in [7, 11) is 0. The van der Waals surface area contributed by atoms with Gasteiger partial charge >= 0.3 is 0 Å². The summed E-state index contributed by atoms with van der Waals surface area (Å²) in [6.45, 7) is 3.03. The second-order valence-electron chi connectivity index (χ2n) is 3.35. The van der Waals surface area contributed by atoms with E-state index < -0.39 is 0 Å². The van der Waals surface area contributed by atoms with E-state index in [1.165, 1.54) is 0 Å². The first-order valence-electron chi connectivity index (χ1n) is 4.85. The summed E-state index contributed by atoms with van der Waals surface area (Å²) in [5.74, 6) is 0. The van der Waals surface area contributed by atoms with E-state index in [-0.39, 0.29) is 0 Å². The van der Waals surface area contributed by atoms with Gasteiger partial charge in [0.05, 0.1) is 0 Å². The van der Waals surface area contributed by atoms with Crippen LogP contribution in [0.25, 0.3) is 10.9 Å². The molecule has 14 heavy (non-hydrogen) atoms. The van der Waals surface area contributed by atoms with Gasteiger partial charge in [0.25, 0.3) is 0 Å². The Hall–Kier alpha value is -1.75. The Kier molecular flexibility index (Phi) is 2.24. The standard InChI is InChI=1S/C12H12N2/c1-2-7-14-11(9-13)8-10-5-3-4-6-12(10)14/h3-6,8H,2,7H2,1H3. The van der Waals surface area contributed by atoms with E-state index in [2.05, 4.69) is 23.6 Å². The largest absolute Gasteiger partial charge is 0.332 e. The maximum atomic E-state index is 8.98. The number of fused-ring (bicyclic) bond motifs is 1. The Labute approximate surface area is 83.4 Å². The molecule has 0 fully saturated rings. The molecule has 0 bridgehead atoms. The van der Waals surface area contributed by atoms with Crippen LogP contribution in [-0.4, -0.2) is 4.57 Å². The van der Waals surface area contributed by atoms with Gasteiger partial charge in [-0.1, -0.05) is 25.1 Å². The maximum absolute atomic E-state index is 8.98. The van der Waals surface area contributed by atoms with Gasteiger partial charge in [-0.05, 0) is 18.6 Å². The first-order valence-corrected chi connectivity index (χ1v) is 4.85. The Morgan fingerprint density at radius 3 is 2.86 bits per heavy atom. The van der Waals surface area contributed by atoms with Gasteiger partial charge in [0.1, 0.15) is 11.8 Å². The number of aromatic nitrogens is 1. The van der Waals surface area contributed by atoms with Crippen LogP contribution in [0.3, 0.4) is 0 Å². The van der Waals surface area contributed by atoms with Crippen LogP contribution >= 0.6 is 0 Å². The van der Waals surface area contributed by atoms with Gasteiger partial charge in [0.2, 0.25) is 0 Å². The molecule has 0 N–H and O–H groups in total. The van der Waals surface area contributed by atoms with E-state index >= 15 is 0 Å². The van der Waals surface area contributed by atoms with Crippen molar-refractivity contribution in [2.75, 3.05) is 0 Å². The number of nitriles is 1. The molecule has 0 unspecified atom stereocenters. The third kappa shape index (κ3) is 1.27. The normalized spacial score (nSPS) is 10.3. The predicted octanol–water partition coefficient (Wildman–Crippen LogP) is 2.92. The van der Waals surface area contributed by atoms with Gasteiger partial charge in [-0.15, -0.1) is 0 Å². The molecule has 0 amide bonds. The highest BCUT2D eigenvalue weighted by atomic mass is 15.0. The molecule has 1 aromatic carbocycles. The topological polar surface area (TPSA) is 28.7 Å². The second kappa shape index (κ2) is 3.55. The molecule has 70 valence electrons. The lowest BCUT2D eigenvalue weighted by atomic mass is 10.2. The Morgan fingerprint density at radius 1 is 1.36 bits per heavy atom. The maximum Gasteiger partial charge on any atom is 0.121 e. The monoisotopic (exact) mass is 184 g/mol. The number of para-hydroxylation sites is 1. The van der Waals surface area contributed by atoms with Gasteiger partial charge in [0, 0.05) is 17.4 Å². The van der Waals surface area contributed by atoms with E-state index in [0.717, 1.165) is 29.6 Å². The first kappa shape index (κ1) is 8.83.